The van der Waals surface area contributed by atoms with Crippen molar-refractivity contribution >= 4 is 34.6 Å². The van der Waals surface area contributed by atoms with Gasteiger partial charge in [0.25, 0.3) is 5.69 Å². The second kappa shape index (κ2) is 5.33. The molecular weight excluding hydrogens is 275 g/mol. The summed E-state index contributed by atoms with van der Waals surface area (Å²) in [6, 6.07) is 2.71. The number of nitro groups is 1. The molecule has 18 heavy (non-hydrogen) atoms. The van der Waals surface area contributed by atoms with E-state index in [1.807, 2.05) is 6.92 Å². The van der Waals surface area contributed by atoms with Crippen molar-refractivity contribution in [2.45, 2.75) is 33.7 Å². The first-order chi connectivity index (χ1) is 8.12. The summed E-state index contributed by atoms with van der Waals surface area (Å²) >= 11 is 12.0. The van der Waals surface area contributed by atoms with E-state index in [1.165, 1.54) is 12.1 Å². The normalized spacial score (nSPS) is 13.2. The molecule has 0 heterocycles. The van der Waals surface area contributed by atoms with Crippen LogP contribution < -0.4 is 5.32 Å². The summed E-state index contributed by atoms with van der Waals surface area (Å²) in [5.74, 6) is 0. The van der Waals surface area contributed by atoms with Crippen LogP contribution in [0.4, 0.5) is 11.4 Å². The monoisotopic (exact) mass is 290 g/mol. The van der Waals surface area contributed by atoms with Crippen LogP contribution in [0.3, 0.4) is 0 Å². The highest BCUT2D eigenvalue weighted by Gasteiger charge is 2.22. The van der Waals surface area contributed by atoms with Gasteiger partial charge in [-0.15, -0.1) is 0 Å². The number of benzene rings is 1. The highest BCUT2D eigenvalue weighted by molar-refractivity contribution is 6.39. The number of nitrogens with zero attached hydrogens (tertiary/aromatic N) is 1. The van der Waals surface area contributed by atoms with Gasteiger partial charge in [-0.05, 0) is 12.3 Å². The minimum atomic E-state index is -0.519. The van der Waals surface area contributed by atoms with Crippen molar-refractivity contribution < 1.29 is 4.92 Å². The average molecular weight is 291 g/mol. The number of hydrogen-bond acceptors (Lipinski definition) is 3. The standard InChI is InChI=1S/C12H16Cl2N2O2/c1-7(12(2,3)4)15-11-9(13)5-8(16(17)18)6-10(11)14/h5-7,15H,1-4H3. The van der Waals surface area contributed by atoms with Gasteiger partial charge in [0.15, 0.2) is 0 Å². The first kappa shape index (κ1) is 15.1. The van der Waals surface area contributed by atoms with E-state index >= 15 is 0 Å². The second-order valence-corrected chi connectivity index (χ2v) is 6.09. The van der Waals surface area contributed by atoms with Crippen molar-refractivity contribution in [2.24, 2.45) is 5.41 Å². The first-order valence-electron chi connectivity index (χ1n) is 5.53. The minimum Gasteiger partial charge on any atom is -0.380 e. The van der Waals surface area contributed by atoms with E-state index < -0.39 is 4.92 Å². The molecule has 0 spiro atoms. The summed E-state index contributed by atoms with van der Waals surface area (Å²) in [6.07, 6.45) is 0. The molecule has 1 rings (SSSR count). The molecule has 1 N–H and O–H groups in total. The number of nitrogens with one attached hydrogen (secondary N) is 1. The third kappa shape index (κ3) is 3.50. The van der Waals surface area contributed by atoms with Crippen molar-refractivity contribution in [1.82, 2.24) is 0 Å². The van der Waals surface area contributed by atoms with E-state index in [1.54, 1.807) is 0 Å². The zero-order valence-corrected chi connectivity index (χ0v) is 12.3. The Morgan fingerprint density at radius 3 is 2.06 bits per heavy atom. The number of anilines is 1. The van der Waals surface area contributed by atoms with Crippen LogP contribution in [-0.2, 0) is 0 Å². The first-order valence-corrected chi connectivity index (χ1v) is 6.28. The Kier molecular flexibility index (Phi) is 4.46. The molecule has 0 amide bonds. The summed E-state index contributed by atoms with van der Waals surface area (Å²) in [6.45, 7) is 8.25. The predicted molar refractivity (Wildman–Crippen MR) is 75.7 cm³/mol. The third-order valence-electron chi connectivity index (χ3n) is 2.90. The number of non-ortho nitro benzene ring substituents is 1. The maximum Gasteiger partial charge on any atom is 0.272 e. The molecule has 0 saturated heterocycles. The maximum atomic E-state index is 10.7. The minimum absolute atomic E-state index is 0.0223. The van der Waals surface area contributed by atoms with E-state index in [0.29, 0.717) is 5.69 Å². The van der Waals surface area contributed by atoms with Crippen LogP contribution in [0.1, 0.15) is 27.7 Å². The van der Waals surface area contributed by atoms with Gasteiger partial charge in [0.1, 0.15) is 0 Å². The van der Waals surface area contributed by atoms with Crippen molar-refractivity contribution in [3.8, 4) is 0 Å². The molecular formula is C12H16Cl2N2O2. The quantitative estimate of drug-likeness (QED) is 0.646. The maximum absolute atomic E-state index is 10.7. The smallest absolute Gasteiger partial charge is 0.272 e. The van der Waals surface area contributed by atoms with Gasteiger partial charge in [-0.25, -0.2) is 0 Å². The summed E-state index contributed by atoms with van der Waals surface area (Å²) in [7, 11) is 0. The van der Waals surface area contributed by atoms with Gasteiger partial charge in [-0.2, -0.15) is 0 Å². The van der Waals surface area contributed by atoms with Gasteiger partial charge in [-0.3, -0.25) is 10.1 Å². The van der Waals surface area contributed by atoms with Crippen molar-refractivity contribution in [3.63, 3.8) is 0 Å². The summed E-state index contributed by atoms with van der Waals surface area (Å²) in [5, 5.41) is 14.4. The SMILES string of the molecule is CC(Nc1c(Cl)cc([N+](=O)[O-])cc1Cl)C(C)(C)C. The lowest BCUT2D eigenvalue weighted by atomic mass is 9.88. The van der Waals surface area contributed by atoms with E-state index in [2.05, 4.69) is 26.1 Å². The second-order valence-electron chi connectivity index (χ2n) is 5.27. The van der Waals surface area contributed by atoms with Gasteiger partial charge in [-0.1, -0.05) is 44.0 Å². The van der Waals surface area contributed by atoms with Gasteiger partial charge in [0.2, 0.25) is 0 Å². The Balaban J connectivity index is 3.08. The zero-order valence-electron chi connectivity index (χ0n) is 10.8. The number of hydrogen-bond donors (Lipinski definition) is 1. The third-order valence-corrected chi connectivity index (χ3v) is 3.49. The van der Waals surface area contributed by atoms with Crippen molar-refractivity contribution in [1.29, 1.82) is 0 Å². The Hall–Kier alpha value is -1.00. The largest absolute Gasteiger partial charge is 0.380 e. The molecule has 4 nitrogen and oxygen atoms in total. The van der Waals surface area contributed by atoms with Crippen molar-refractivity contribution in [2.75, 3.05) is 5.32 Å². The average Bonchev–Trinajstić information content (AvgIpc) is 2.21. The lowest BCUT2D eigenvalue weighted by molar-refractivity contribution is -0.384. The molecule has 0 saturated carbocycles. The number of rotatable bonds is 3. The molecule has 0 aliphatic carbocycles. The molecule has 100 valence electrons. The molecule has 1 atom stereocenters. The van der Waals surface area contributed by atoms with Gasteiger partial charge < -0.3 is 5.32 Å². The van der Waals surface area contributed by atoms with E-state index in [4.69, 9.17) is 23.2 Å². The van der Waals surface area contributed by atoms with Crippen LogP contribution in [0.2, 0.25) is 10.0 Å². The molecule has 1 aromatic rings. The molecule has 0 aromatic heterocycles. The topological polar surface area (TPSA) is 55.2 Å². The summed E-state index contributed by atoms with van der Waals surface area (Å²) < 4.78 is 0. The number of halogens is 2. The molecule has 0 aliphatic rings. The Morgan fingerprint density at radius 2 is 1.72 bits per heavy atom. The highest BCUT2D eigenvalue weighted by Crippen LogP contribution is 2.36. The van der Waals surface area contributed by atoms with E-state index in [0.717, 1.165) is 0 Å². The molecule has 1 unspecified atom stereocenters. The van der Waals surface area contributed by atoms with Crippen LogP contribution in [-0.4, -0.2) is 11.0 Å². The molecule has 0 fully saturated rings. The fraction of sp³-hybridized carbons (Fsp3) is 0.500. The van der Waals surface area contributed by atoms with Crippen LogP contribution >= 0.6 is 23.2 Å². The molecule has 1 aromatic carbocycles. The summed E-state index contributed by atoms with van der Waals surface area (Å²) in [4.78, 5) is 10.1. The highest BCUT2D eigenvalue weighted by atomic mass is 35.5. The lowest BCUT2D eigenvalue weighted by Crippen LogP contribution is -2.31. The molecule has 6 heteroatoms. The molecule has 0 aliphatic heterocycles. The zero-order chi connectivity index (χ0) is 14.1. The fourth-order valence-corrected chi connectivity index (χ4v) is 1.82. The van der Waals surface area contributed by atoms with Gasteiger partial charge >= 0.3 is 0 Å². The Labute approximate surface area is 116 Å². The van der Waals surface area contributed by atoms with Crippen LogP contribution in [0, 0.1) is 15.5 Å². The van der Waals surface area contributed by atoms with Crippen LogP contribution in [0.15, 0.2) is 12.1 Å². The summed E-state index contributed by atoms with van der Waals surface area (Å²) in [5.41, 5.74) is 0.444. The van der Waals surface area contributed by atoms with Gasteiger partial charge in [0.05, 0.1) is 20.7 Å². The van der Waals surface area contributed by atoms with Crippen LogP contribution in [0.25, 0.3) is 0 Å². The van der Waals surface area contributed by atoms with Crippen LogP contribution in [0.5, 0.6) is 0 Å². The van der Waals surface area contributed by atoms with Crippen molar-refractivity contribution in [3.05, 3.63) is 32.3 Å². The lowest BCUT2D eigenvalue weighted by Gasteiger charge is -2.29. The molecule has 0 radical (unpaired) electrons. The number of nitro benzene ring substituents is 1. The molecule has 0 bridgehead atoms. The Morgan fingerprint density at radius 1 is 1.28 bits per heavy atom. The van der Waals surface area contributed by atoms with E-state index in [-0.39, 0.29) is 27.2 Å². The Bertz CT molecular complexity index is 447. The van der Waals surface area contributed by atoms with Gasteiger partial charge in [0, 0.05) is 18.2 Å². The predicted octanol–water partition coefficient (Wildman–Crippen LogP) is 4.75. The van der Waals surface area contributed by atoms with E-state index in [9.17, 15) is 10.1 Å². The fourth-order valence-electron chi connectivity index (χ4n) is 1.24.